The van der Waals surface area contributed by atoms with Gasteiger partial charge in [-0.05, 0) is 64.4 Å². The molecule has 0 bridgehead atoms. The molecule has 4 rings (SSSR count). The van der Waals surface area contributed by atoms with Crippen LogP contribution >= 0.6 is 0 Å². The third-order valence-corrected chi connectivity index (χ3v) is 6.94. The smallest absolute Gasteiger partial charge is 0.233 e. The topological polar surface area (TPSA) is 70.6 Å². The van der Waals surface area contributed by atoms with Crippen LogP contribution in [0.25, 0.3) is 0 Å². The van der Waals surface area contributed by atoms with Crippen molar-refractivity contribution in [1.29, 1.82) is 0 Å². The van der Waals surface area contributed by atoms with Crippen molar-refractivity contribution in [1.82, 2.24) is 19.8 Å². The number of nitrogens with zero attached hydrogens (tertiary/aromatic N) is 4. The van der Waals surface area contributed by atoms with Crippen LogP contribution in [0, 0.1) is 0 Å². The number of carbonyl (C=O) groups excluding carboxylic acids is 1. The SMILES string of the molecule is CNc1nc([C@H]2CCCN(C)C2)nc2c1CCN(C(=O)C(C)(C)c1ccc(OC)cc1)C2. The Hall–Kier alpha value is -2.67. The molecule has 1 aromatic carbocycles. The van der Waals surface area contributed by atoms with E-state index in [0.717, 1.165) is 66.6 Å². The van der Waals surface area contributed by atoms with Gasteiger partial charge in [0.05, 0.1) is 24.8 Å². The molecule has 7 nitrogen and oxygen atoms in total. The molecule has 0 spiro atoms. The zero-order valence-corrected chi connectivity index (χ0v) is 19.9. The third-order valence-electron chi connectivity index (χ3n) is 6.94. The van der Waals surface area contributed by atoms with E-state index in [0.29, 0.717) is 19.0 Å². The van der Waals surface area contributed by atoms with Crippen LogP contribution in [0.5, 0.6) is 5.75 Å². The first-order valence-corrected chi connectivity index (χ1v) is 11.5. The van der Waals surface area contributed by atoms with E-state index in [1.54, 1.807) is 7.11 Å². The van der Waals surface area contributed by atoms with E-state index in [1.807, 2.05) is 50.1 Å². The molecule has 2 aromatic rings. The van der Waals surface area contributed by atoms with Crippen molar-refractivity contribution in [2.75, 3.05) is 46.2 Å². The number of nitrogens with one attached hydrogen (secondary N) is 1. The summed E-state index contributed by atoms with van der Waals surface area (Å²) in [5.74, 6) is 3.08. The van der Waals surface area contributed by atoms with Crippen molar-refractivity contribution in [3.05, 3.63) is 46.9 Å². The Morgan fingerprint density at radius 3 is 2.59 bits per heavy atom. The third kappa shape index (κ3) is 4.31. The first-order chi connectivity index (χ1) is 15.3. The highest BCUT2D eigenvalue weighted by molar-refractivity contribution is 5.87. The molecular weight excluding hydrogens is 402 g/mol. The molecule has 7 heteroatoms. The van der Waals surface area contributed by atoms with Crippen LogP contribution in [-0.2, 0) is 23.2 Å². The molecule has 1 N–H and O–H groups in total. The van der Waals surface area contributed by atoms with Crippen LogP contribution < -0.4 is 10.1 Å². The summed E-state index contributed by atoms with van der Waals surface area (Å²) in [7, 11) is 5.73. The molecule has 1 atom stereocenters. The number of anilines is 1. The maximum atomic E-state index is 13.6. The minimum atomic E-state index is -0.627. The summed E-state index contributed by atoms with van der Waals surface area (Å²) < 4.78 is 5.27. The normalized spacial score (nSPS) is 19.4. The van der Waals surface area contributed by atoms with E-state index in [4.69, 9.17) is 14.7 Å². The van der Waals surface area contributed by atoms with Gasteiger partial charge in [-0.15, -0.1) is 0 Å². The fourth-order valence-electron chi connectivity index (χ4n) is 4.92. The standard InChI is InChI=1S/C25H35N5O2/c1-25(2,18-8-10-19(32-5)11-9-18)24(31)30-14-12-20-21(16-30)27-22(28-23(20)26-3)17-7-6-13-29(4)15-17/h8-11,17H,6-7,12-16H2,1-5H3,(H,26,27,28)/t17-/m0/s1. The lowest BCUT2D eigenvalue weighted by Crippen LogP contribution is -2.46. The number of aromatic nitrogens is 2. The van der Waals surface area contributed by atoms with Crippen molar-refractivity contribution >= 4 is 11.7 Å². The van der Waals surface area contributed by atoms with E-state index in [9.17, 15) is 4.79 Å². The van der Waals surface area contributed by atoms with Crippen molar-refractivity contribution in [2.45, 2.75) is 51.0 Å². The van der Waals surface area contributed by atoms with Gasteiger partial charge in [0.25, 0.3) is 0 Å². The predicted molar refractivity (Wildman–Crippen MR) is 126 cm³/mol. The molecule has 2 aliphatic heterocycles. The van der Waals surface area contributed by atoms with E-state index >= 15 is 0 Å². The number of hydrogen-bond acceptors (Lipinski definition) is 6. The maximum Gasteiger partial charge on any atom is 0.233 e. The molecule has 0 saturated carbocycles. The zero-order chi connectivity index (χ0) is 22.9. The summed E-state index contributed by atoms with van der Waals surface area (Å²) in [5.41, 5.74) is 2.49. The summed E-state index contributed by atoms with van der Waals surface area (Å²) >= 11 is 0. The first kappa shape index (κ1) is 22.5. The minimum absolute atomic E-state index is 0.122. The minimum Gasteiger partial charge on any atom is -0.497 e. The molecule has 32 heavy (non-hydrogen) atoms. The number of methoxy groups -OCH3 is 1. The monoisotopic (exact) mass is 437 g/mol. The average molecular weight is 438 g/mol. The van der Waals surface area contributed by atoms with Gasteiger partial charge in [-0.1, -0.05) is 12.1 Å². The number of hydrogen-bond donors (Lipinski definition) is 1. The van der Waals surface area contributed by atoms with E-state index in [1.165, 1.54) is 0 Å². The number of likely N-dealkylation sites (N-methyl/N-ethyl adjacent to an activating group) is 1. The summed E-state index contributed by atoms with van der Waals surface area (Å²) in [4.78, 5) is 27.8. The number of amides is 1. The second kappa shape index (κ2) is 9.06. The Morgan fingerprint density at radius 1 is 1.19 bits per heavy atom. The van der Waals surface area contributed by atoms with Gasteiger partial charge >= 0.3 is 0 Å². The molecule has 0 unspecified atom stereocenters. The number of likely N-dealkylation sites (tertiary alicyclic amines) is 1. The van der Waals surface area contributed by atoms with Gasteiger partial charge < -0.3 is 19.9 Å². The molecule has 0 radical (unpaired) electrons. The summed E-state index contributed by atoms with van der Waals surface area (Å²) in [6, 6.07) is 7.78. The van der Waals surface area contributed by atoms with Gasteiger partial charge in [-0.25, -0.2) is 9.97 Å². The second-order valence-corrected chi connectivity index (χ2v) is 9.54. The van der Waals surface area contributed by atoms with Crippen LogP contribution in [-0.4, -0.2) is 66.5 Å². The molecule has 0 aliphatic carbocycles. The Balaban J connectivity index is 1.58. The Morgan fingerprint density at radius 2 is 1.94 bits per heavy atom. The van der Waals surface area contributed by atoms with Crippen molar-refractivity contribution in [3.8, 4) is 5.75 Å². The van der Waals surface area contributed by atoms with Crippen molar-refractivity contribution in [2.24, 2.45) is 0 Å². The molecule has 172 valence electrons. The Kier molecular flexibility index (Phi) is 6.38. The van der Waals surface area contributed by atoms with Crippen LogP contribution in [0.2, 0.25) is 0 Å². The van der Waals surface area contributed by atoms with Gasteiger partial charge in [-0.3, -0.25) is 4.79 Å². The van der Waals surface area contributed by atoms with E-state index in [2.05, 4.69) is 17.3 Å². The van der Waals surface area contributed by atoms with Crippen molar-refractivity contribution in [3.63, 3.8) is 0 Å². The lowest BCUT2D eigenvalue weighted by molar-refractivity contribution is -0.137. The van der Waals surface area contributed by atoms with Crippen LogP contribution in [0.15, 0.2) is 24.3 Å². The maximum absolute atomic E-state index is 13.6. The molecule has 1 amide bonds. The van der Waals surface area contributed by atoms with Crippen LogP contribution in [0.4, 0.5) is 5.82 Å². The van der Waals surface area contributed by atoms with E-state index in [-0.39, 0.29) is 5.91 Å². The largest absolute Gasteiger partial charge is 0.497 e. The number of benzene rings is 1. The number of ether oxygens (including phenoxy) is 1. The van der Waals surface area contributed by atoms with Gasteiger partial charge in [0, 0.05) is 31.6 Å². The van der Waals surface area contributed by atoms with Crippen LogP contribution in [0.1, 0.15) is 55.3 Å². The summed E-state index contributed by atoms with van der Waals surface area (Å²) in [5, 5.41) is 3.28. The molecule has 2 aliphatic rings. The number of carbonyl (C=O) groups is 1. The average Bonchev–Trinajstić information content (AvgIpc) is 2.82. The van der Waals surface area contributed by atoms with Gasteiger partial charge in [0.15, 0.2) is 0 Å². The molecule has 3 heterocycles. The highest BCUT2D eigenvalue weighted by Crippen LogP contribution is 2.32. The fourth-order valence-corrected chi connectivity index (χ4v) is 4.92. The summed E-state index contributed by atoms with van der Waals surface area (Å²) in [6.45, 7) is 7.30. The van der Waals surface area contributed by atoms with Crippen molar-refractivity contribution < 1.29 is 9.53 Å². The molecule has 1 fully saturated rings. The quantitative estimate of drug-likeness (QED) is 0.775. The second-order valence-electron chi connectivity index (χ2n) is 9.54. The lowest BCUT2D eigenvalue weighted by Gasteiger charge is -2.36. The summed E-state index contributed by atoms with van der Waals surface area (Å²) in [6.07, 6.45) is 3.04. The molecule has 1 saturated heterocycles. The Labute approximate surface area is 191 Å². The highest BCUT2D eigenvalue weighted by atomic mass is 16.5. The lowest BCUT2D eigenvalue weighted by atomic mass is 9.82. The fraction of sp³-hybridized carbons (Fsp3) is 0.560. The Bertz CT molecular complexity index is 973. The van der Waals surface area contributed by atoms with Crippen LogP contribution in [0.3, 0.4) is 0 Å². The van der Waals surface area contributed by atoms with Gasteiger partial charge in [0.1, 0.15) is 17.4 Å². The number of piperidine rings is 1. The van der Waals surface area contributed by atoms with Gasteiger partial charge in [0.2, 0.25) is 5.91 Å². The number of fused-ring (bicyclic) bond motifs is 1. The highest BCUT2D eigenvalue weighted by Gasteiger charge is 2.36. The molecular formula is C25H35N5O2. The van der Waals surface area contributed by atoms with Gasteiger partial charge in [-0.2, -0.15) is 0 Å². The zero-order valence-electron chi connectivity index (χ0n) is 19.9. The number of rotatable bonds is 5. The van der Waals surface area contributed by atoms with E-state index < -0.39 is 5.41 Å². The first-order valence-electron chi connectivity index (χ1n) is 11.5. The predicted octanol–water partition coefficient (Wildman–Crippen LogP) is 3.20. The molecule has 1 aromatic heterocycles.